The summed E-state index contributed by atoms with van der Waals surface area (Å²) in [4.78, 5) is 13.0. The normalized spacial score (nSPS) is 11.4. The Hall–Kier alpha value is -2.66. The molecular formula is C16H12N4S. The van der Waals surface area contributed by atoms with Gasteiger partial charge in [0, 0.05) is 0 Å². The highest BCUT2D eigenvalue weighted by atomic mass is 32.1. The van der Waals surface area contributed by atoms with Gasteiger partial charge in [-0.3, -0.25) is 9.98 Å². The van der Waals surface area contributed by atoms with Crippen molar-refractivity contribution in [3.63, 3.8) is 0 Å². The molecular weight excluding hydrogens is 280 g/mol. The number of aromatic nitrogens is 2. The van der Waals surface area contributed by atoms with Gasteiger partial charge < -0.3 is 0 Å². The van der Waals surface area contributed by atoms with Crippen molar-refractivity contribution in [3.05, 3.63) is 71.5 Å². The maximum atomic E-state index is 4.35. The average molecular weight is 292 g/mol. The zero-order chi connectivity index (χ0) is 14.3. The third-order valence-electron chi connectivity index (χ3n) is 2.62. The molecule has 21 heavy (non-hydrogen) atoms. The number of hydrogen-bond acceptors (Lipinski definition) is 5. The fourth-order valence-corrected chi connectivity index (χ4v) is 2.15. The Bertz CT molecular complexity index is 684. The van der Waals surface area contributed by atoms with E-state index in [0.717, 1.165) is 16.4 Å². The summed E-state index contributed by atoms with van der Waals surface area (Å²) in [7, 11) is 0. The van der Waals surface area contributed by atoms with Gasteiger partial charge in [-0.05, 0) is 35.8 Å². The summed E-state index contributed by atoms with van der Waals surface area (Å²) in [6.07, 6.45) is 3.37. The van der Waals surface area contributed by atoms with E-state index in [9.17, 15) is 0 Å². The molecule has 3 aromatic rings. The lowest BCUT2D eigenvalue weighted by molar-refractivity contribution is 1.28. The van der Waals surface area contributed by atoms with Gasteiger partial charge in [0.15, 0.2) is 10.8 Å². The smallest absolute Gasteiger partial charge is 0.184 e. The predicted octanol–water partition coefficient (Wildman–Crippen LogP) is 4.04. The third kappa shape index (κ3) is 3.90. The molecule has 0 spiro atoms. The first-order valence-electron chi connectivity index (χ1n) is 6.42. The van der Waals surface area contributed by atoms with E-state index < -0.39 is 0 Å². The zero-order valence-corrected chi connectivity index (χ0v) is 11.9. The van der Waals surface area contributed by atoms with E-state index >= 15 is 0 Å². The number of para-hydroxylation sites is 2. The maximum Gasteiger partial charge on any atom is 0.184 e. The zero-order valence-electron chi connectivity index (χ0n) is 11.1. The quantitative estimate of drug-likeness (QED) is 0.681. The Kier molecular flexibility index (Phi) is 4.24. The topological polar surface area (TPSA) is 50.5 Å². The van der Waals surface area contributed by atoms with Gasteiger partial charge in [0.2, 0.25) is 0 Å². The lowest BCUT2D eigenvalue weighted by atomic mass is 10.3. The molecule has 1 heterocycles. The molecule has 1 aromatic heterocycles. The first kappa shape index (κ1) is 13.3. The van der Waals surface area contributed by atoms with E-state index in [-0.39, 0.29) is 0 Å². The SMILES string of the molecule is C(=N\c1ccccc1)/c1nsc(/C=N/c2ccccc2)n1. The summed E-state index contributed by atoms with van der Waals surface area (Å²) in [6, 6.07) is 19.4. The molecule has 0 amide bonds. The highest BCUT2D eigenvalue weighted by molar-refractivity contribution is 7.07. The van der Waals surface area contributed by atoms with Crippen LogP contribution in [0.5, 0.6) is 0 Å². The van der Waals surface area contributed by atoms with Gasteiger partial charge in [-0.2, -0.15) is 4.37 Å². The summed E-state index contributed by atoms with van der Waals surface area (Å²) < 4.78 is 4.23. The lowest BCUT2D eigenvalue weighted by Gasteiger charge is -1.89. The number of nitrogens with zero attached hydrogens (tertiary/aromatic N) is 4. The molecule has 3 rings (SSSR count). The lowest BCUT2D eigenvalue weighted by Crippen LogP contribution is -1.85. The molecule has 0 aliphatic rings. The van der Waals surface area contributed by atoms with Crippen molar-refractivity contribution in [2.75, 3.05) is 0 Å². The van der Waals surface area contributed by atoms with E-state index in [2.05, 4.69) is 19.3 Å². The van der Waals surface area contributed by atoms with Crippen LogP contribution in [0.1, 0.15) is 10.8 Å². The van der Waals surface area contributed by atoms with E-state index in [1.807, 2.05) is 60.7 Å². The fourth-order valence-electron chi connectivity index (χ4n) is 1.64. The first-order chi connectivity index (χ1) is 10.4. The maximum absolute atomic E-state index is 4.35. The summed E-state index contributed by atoms with van der Waals surface area (Å²) in [6.45, 7) is 0. The standard InChI is InChI=1S/C16H12N4S/c1-3-7-13(8-4-1)17-11-15-19-16(21-20-15)12-18-14-9-5-2-6-10-14/h1-12H/b17-11+,18-12+. The monoisotopic (exact) mass is 292 g/mol. The third-order valence-corrected chi connectivity index (χ3v) is 3.29. The van der Waals surface area contributed by atoms with Crippen molar-refractivity contribution in [2.45, 2.75) is 0 Å². The van der Waals surface area contributed by atoms with Gasteiger partial charge in [-0.1, -0.05) is 36.4 Å². The number of rotatable bonds is 4. The summed E-state index contributed by atoms with van der Waals surface area (Å²) in [5, 5.41) is 0.758. The largest absolute Gasteiger partial charge is 0.254 e. The molecule has 0 radical (unpaired) electrons. The van der Waals surface area contributed by atoms with E-state index in [1.54, 1.807) is 12.4 Å². The summed E-state index contributed by atoms with van der Waals surface area (Å²) >= 11 is 1.30. The molecule has 4 nitrogen and oxygen atoms in total. The molecule has 0 fully saturated rings. The van der Waals surface area contributed by atoms with E-state index in [0.29, 0.717) is 5.82 Å². The van der Waals surface area contributed by atoms with Crippen LogP contribution in [0.3, 0.4) is 0 Å². The molecule has 0 bridgehead atoms. The van der Waals surface area contributed by atoms with Gasteiger partial charge >= 0.3 is 0 Å². The van der Waals surface area contributed by atoms with Crippen LogP contribution in [0.4, 0.5) is 11.4 Å². The minimum atomic E-state index is 0.596. The van der Waals surface area contributed by atoms with Gasteiger partial charge in [0.1, 0.15) is 0 Å². The molecule has 0 saturated carbocycles. The highest BCUT2D eigenvalue weighted by Crippen LogP contribution is 2.11. The van der Waals surface area contributed by atoms with Gasteiger partial charge in [-0.15, -0.1) is 0 Å². The van der Waals surface area contributed by atoms with E-state index in [1.165, 1.54) is 11.5 Å². The van der Waals surface area contributed by atoms with Gasteiger partial charge in [-0.25, -0.2) is 4.98 Å². The summed E-state index contributed by atoms with van der Waals surface area (Å²) in [5.74, 6) is 0.596. The molecule has 0 N–H and O–H groups in total. The molecule has 0 atom stereocenters. The van der Waals surface area contributed by atoms with Crippen LogP contribution in [0.15, 0.2) is 70.6 Å². The van der Waals surface area contributed by atoms with Crippen LogP contribution in [0.25, 0.3) is 0 Å². The Morgan fingerprint density at radius 2 is 1.33 bits per heavy atom. The molecule has 0 unspecified atom stereocenters. The van der Waals surface area contributed by atoms with Crippen LogP contribution in [-0.4, -0.2) is 21.8 Å². The minimum absolute atomic E-state index is 0.596. The number of benzene rings is 2. The highest BCUT2D eigenvalue weighted by Gasteiger charge is 1.99. The number of aliphatic imine (C=N–C) groups is 2. The van der Waals surface area contributed by atoms with Gasteiger partial charge in [0.05, 0.1) is 23.8 Å². The van der Waals surface area contributed by atoms with Crippen molar-refractivity contribution in [1.29, 1.82) is 0 Å². The van der Waals surface area contributed by atoms with Crippen molar-refractivity contribution < 1.29 is 0 Å². The van der Waals surface area contributed by atoms with Crippen LogP contribution in [0.2, 0.25) is 0 Å². The van der Waals surface area contributed by atoms with Crippen LogP contribution in [-0.2, 0) is 0 Å². The van der Waals surface area contributed by atoms with Gasteiger partial charge in [0.25, 0.3) is 0 Å². The van der Waals surface area contributed by atoms with Crippen molar-refractivity contribution >= 4 is 35.3 Å². The van der Waals surface area contributed by atoms with Crippen molar-refractivity contribution in [1.82, 2.24) is 9.36 Å². The fraction of sp³-hybridized carbons (Fsp3) is 0. The van der Waals surface area contributed by atoms with Crippen molar-refractivity contribution in [3.8, 4) is 0 Å². The molecule has 2 aromatic carbocycles. The average Bonchev–Trinajstić information content (AvgIpc) is 3.01. The molecule has 102 valence electrons. The second kappa shape index (κ2) is 6.67. The molecule has 0 saturated heterocycles. The van der Waals surface area contributed by atoms with Crippen LogP contribution < -0.4 is 0 Å². The Labute approximate surface area is 126 Å². The van der Waals surface area contributed by atoms with Crippen LogP contribution in [0, 0.1) is 0 Å². The second-order valence-electron chi connectivity index (χ2n) is 4.18. The first-order valence-corrected chi connectivity index (χ1v) is 7.19. The van der Waals surface area contributed by atoms with Crippen molar-refractivity contribution in [2.24, 2.45) is 9.98 Å². The molecule has 0 aliphatic carbocycles. The Morgan fingerprint density at radius 3 is 1.95 bits per heavy atom. The van der Waals surface area contributed by atoms with E-state index in [4.69, 9.17) is 0 Å². The Balaban J connectivity index is 1.69. The van der Waals surface area contributed by atoms with Crippen LogP contribution >= 0.6 is 11.5 Å². The minimum Gasteiger partial charge on any atom is -0.254 e. The molecule has 0 aliphatic heterocycles. The second-order valence-corrected chi connectivity index (χ2v) is 4.96. The Morgan fingerprint density at radius 1 is 0.762 bits per heavy atom. The summed E-state index contributed by atoms with van der Waals surface area (Å²) in [5.41, 5.74) is 1.78. The number of hydrogen-bond donors (Lipinski definition) is 0. The molecule has 5 heteroatoms. The predicted molar refractivity (Wildman–Crippen MR) is 87.3 cm³/mol.